The Balaban J connectivity index is 1.60. The lowest BCUT2D eigenvalue weighted by molar-refractivity contribution is -0.128. The molecule has 5 heteroatoms. The van der Waals surface area contributed by atoms with Crippen LogP contribution in [0.4, 0.5) is 5.69 Å². The summed E-state index contributed by atoms with van der Waals surface area (Å²) >= 11 is 1.68. The number of thioether (sulfide) groups is 1. The van der Waals surface area contributed by atoms with Gasteiger partial charge in [0, 0.05) is 17.0 Å². The molecule has 0 N–H and O–H groups in total. The van der Waals surface area contributed by atoms with Crippen LogP contribution in [0.2, 0.25) is 0 Å². The highest BCUT2D eigenvalue weighted by Crippen LogP contribution is 2.63. The highest BCUT2D eigenvalue weighted by Gasteiger charge is 2.64. The van der Waals surface area contributed by atoms with E-state index in [1.54, 1.807) is 26.0 Å². The Hall–Kier alpha value is -4.22. The summed E-state index contributed by atoms with van der Waals surface area (Å²) in [6.07, 6.45) is 0. The summed E-state index contributed by atoms with van der Waals surface area (Å²) in [7, 11) is 3.33. The van der Waals surface area contributed by atoms with E-state index < -0.39 is 4.75 Å². The SMILES string of the molecule is COc1ccc(N2C(=O)[C@@](SCc3ccccc3)(c3c(OC)ccc4ccccc34)[C@H]2c2ccccc2)cc1. The van der Waals surface area contributed by atoms with Crippen molar-refractivity contribution in [2.24, 2.45) is 0 Å². The first kappa shape index (κ1) is 25.1. The number of rotatable bonds is 8. The molecule has 5 aromatic rings. The van der Waals surface area contributed by atoms with Crippen LogP contribution in [0.15, 0.2) is 121 Å². The molecule has 0 spiro atoms. The predicted molar refractivity (Wildman–Crippen MR) is 160 cm³/mol. The van der Waals surface area contributed by atoms with Gasteiger partial charge in [-0.3, -0.25) is 4.79 Å². The van der Waals surface area contributed by atoms with Gasteiger partial charge in [0.25, 0.3) is 5.91 Å². The van der Waals surface area contributed by atoms with E-state index in [2.05, 4.69) is 42.5 Å². The molecule has 0 aliphatic carbocycles. The monoisotopic (exact) mass is 531 g/mol. The normalized spacial score (nSPS) is 18.6. The Bertz CT molecular complexity index is 1610. The fraction of sp³-hybridized carbons (Fsp3) is 0.147. The van der Waals surface area contributed by atoms with Crippen LogP contribution in [0.25, 0.3) is 10.8 Å². The van der Waals surface area contributed by atoms with Gasteiger partial charge in [-0.25, -0.2) is 0 Å². The van der Waals surface area contributed by atoms with Crippen LogP contribution in [0, 0.1) is 0 Å². The number of anilines is 1. The van der Waals surface area contributed by atoms with Crippen LogP contribution in [-0.4, -0.2) is 20.1 Å². The first-order chi connectivity index (χ1) is 19.2. The van der Waals surface area contributed by atoms with E-state index in [0.717, 1.165) is 39.1 Å². The number of nitrogens with zero attached hydrogens (tertiary/aromatic N) is 1. The fourth-order valence-corrected chi connectivity index (χ4v) is 7.15. The molecular formula is C34H29NO3S. The van der Waals surface area contributed by atoms with Crippen molar-refractivity contribution in [3.05, 3.63) is 138 Å². The lowest BCUT2D eigenvalue weighted by Gasteiger charge is -2.56. The minimum Gasteiger partial charge on any atom is -0.497 e. The van der Waals surface area contributed by atoms with Crippen molar-refractivity contribution in [2.45, 2.75) is 16.5 Å². The number of hydrogen-bond acceptors (Lipinski definition) is 4. The molecule has 1 fully saturated rings. The quantitative estimate of drug-likeness (QED) is 0.192. The van der Waals surface area contributed by atoms with Crippen LogP contribution in [0.5, 0.6) is 11.5 Å². The molecule has 0 bridgehead atoms. The molecule has 2 atom stereocenters. The maximum atomic E-state index is 14.8. The minimum atomic E-state index is -0.913. The van der Waals surface area contributed by atoms with E-state index in [1.807, 2.05) is 83.8 Å². The van der Waals surface area contributed by atoms with E-state index in [9.17, 15) is 4.79 Å². The van der Waals surface area contributed by atoms with Crippen molar-refractivity contribution in [3.63, 3.8) is 0 Å². The molecule has 0 saturated carbocycles. The number of fused-ring (bicyclic) bond motifs is 1. The molecule has 4 nitrogen and oxygen atoms in total. The van der Waals surface area contributed by atoms with Gasteiger partial charge in [-0.05, 0) is 52.2 Å². The van der Waals surface area contributed by atoms with Crippen LogP contribution in [-0.2, 0) is 15.3 Å². The number of carbonyl (C=O) groups excluding carboxylic acids is 1. The predicted octanol–water partition coefficient (Wildman–Crippen LogP) is 7.77. The van der Waals surface area contributed by atoms with Gasteiger partial charge in [-0.15, -0.1) is 11.8 Å². The van der Waals surface area contributed by atoms with E-state index in [-0.39, 0.29) is 11.9 Å². The van der Waals surface area contributed by atoms with Gasteiger partial charge in [0.15, 0.2) is 0 Å². The summed E-state index contributed by atoms with van der Waals surface area (Å²) < 4.78 is 10.5. The maximum absolute atomic E-state index is 14.8. The van der Waals surface area contributed by atoms with Gasteiger partial charge in [-0.1, -0.05) is 91.0 Å². The second-order valence-corrected chi connectivity index (χ2v) is 10.8. The van der Waals surface area contributed by atoms with Gasteiger partial charge < -0.3 is 14.4 Å². The van der Waals surface area contributed by atoms with Crippen LogP contribution in [0.1, 0.15) is 22.7 Å². The summed E-state index contributed by atoms with van der Waals surface area (Å²) in [5, 5.41) is 2.11. The second-order valence-electron chi connectivity index (χ2n) is 9.56. The maximum Gasteiger partial charge on any atom is 0.251 e. The number of benzene rings is 5. The van der Waals surface area contributed by atoms with Crippen molar-refractivity contribution < 1.29 is 14.3 Å². The number of amides is 1. The third-order valence-electron chi connectivity index (χ3n) is 7.44. The Morgan fingerprint density at radius 3 is 2.10 bits per heavy atom. The summed E-state index contributed by atoms with van der Waals surface area (Å²) in [4.78, 5) is 16.7. The zero-order chi connectivity index (χ0) is 26.8. The van der Waals surface area contributed by atoms with Gasteiger partial charge in [0.05, 0.1) is 20.3 Å². The Kier molecular flexibility index (Phi) is 6.76. The van der Waals surface area contributed by atoms with Gasteiger partial charge in [0.1, 0.15) is 16.2 Å². The average molecular weight is 532 g/mol. The van der Waals surface area contributed by atoms with Crippen molar-refractivity contribution in [2.75, 3.05) is 19.1 Å². The molecular weight excluding hydrogens is 502 g/mol. The van der Waals surface area contributed by atoms with Crippen LogP contribution < -0.4 is 14.4 Å². The third-order valence-corrected chi connectivity index (χ3v) is 8.97. The Morgan fingerprint density at radius 2 is 1.41 bits per heavy atom. The first-order valence-corrected chi connectivity index (χ1v) is 13.9. The number of carbonyl (C=O) groups is 1. The molecule has 0 radical (unpaired) electrons. The zero-order valence-electron chi connectivity index (χ0n) is 21.9. The van der Waals surface area contributed by atoms with E-state index >= 15 is 0 Å². The van der Waals surface area contributed by atoms with Gasteiger partial charge in [0.2, 0.25) is 0 Å². The largest absolute Gasteiger partial charge is 0.497 e. The van der Waals surface area contributed by atoms with Gasteiger partial charge in [-0.2, -0.15) is 0 Å². The molecule has 39 heavy (non-hydrogen) atoms. The Labute approximate surface area is 233 Å². The number of methoxy groups -OCH3 is 2. The molecule has 0 aromatic heterocycles. The molecule has 0 unspecified atom stereocenters. The smallest absolute Gasteiger partial charge is 0.251 e. The topological polar surface area (TPSA) is 38.8 Å². The first-order valence-electron chi connectivity index (χ1n) is 12.9. The zero-order valence-corrected chi connectivity index (χ0v) is 22.7. The van der Waals surface area contributed by atoms with E-state index in [4.69, 9.17) is 9.47 Å². The van der Waals surface area contributed by atoms with Crippen molar-refractivity contribution in [1.82, 2.24) is 0 Å². The summed E-state index contributed by atoms with van der Waals surface area (Å²) in [5.41, 5.74) is 4.00. The summed E-state index contributed by atoms with van der Waals surface area (Å²) in [6.45, 7) is 0. The molecule has 1 saturated heterocycles. The average Bonchev–Trinajstić information content (AvgIpc) is 3.01. The number of β-lactam (4-membered cyclic amide) rings is 1. The van der Waals surface area contributed by atoms with E-state index in [1.165, 1.54) is 5.56 Å². The molecule has 1 heterocycles. The lowest BCUT2D eigenvalue weighted by atomic mass is 9.74. The Morgan fingerprint density at radius 1 is 0.744 bits per heavy atom. The third kappa shape index (κ3) is 4.23. The van der Waals surface area contributed by atoms with Gasteiger partial charge >= 0.3 is 0 Å². The van der Waals surface area contributed by atoms with Crippen molar-refractivity contribution >= 4 is 34.1 Å². The van der Waals surface area contributed by atoms with E-state index in [0.29, 0.717) is 5.75 Å². The van der Waals surface area contributed by atoms with Crippen LogP contribution >= 0.6 is 11.8 Å². The highest BCUT2D eigenvalue weighted by molar-refractivity contribution is 8.00. The molecule has 1 aliphatic rings. The molecule has 194 valence electrons. The molecule has 5 aromatic carbocycles. The minimum absolute atomic E-state index is 0.0390. The molecule has 1 amide bonds. The van der Waals surface area contributed by atoms with Crippen molar-refractivity contribution in [3.8, 4) is 11.5 Å². The molecule has 1 aliphatic heterocycles. The number of hydrogen-bond donors (Lipinski definition) is 0. The summed E-state index contributed by atoms with van der Waals surface area (Å²) in [6, 6.07) is 40.4. The van der Waals surface area contributed by atoms with Crippen LogP contribution in [0.3, 0.4) is 0 Å². The lowest BCUT2D eigenvalue weighted by Crippen LogP contribution is -2.65. The summed E-state index contributed by atoms with van der Waals surface area (Å²) in [5.74, 6) is 2.19. The molecule has 6 rings (SSSR count). The fourth-order valence-electron chi connectivity index (χ4n) is 5.59. The standard InChI is InChI=1S/C34H29NO3S/c1-37-28-20-18-27(19-21-28)35-32(26-14-7-4-8-15-26)34(33(35)36,39-23-24-11-5-3-6-12-24)31-29-16-10-9-13-25(29)17-22-30(31)38-2/h3-22,32H,23H2,1-2H3/t32-,34-/m1/s1. The number of ether oxygens (including phenoxy) is 2. The highest BCUT2D eigenvalue weighted by atomic mass is 32.2. The van der Waals surface area contributed by atoms with Crippen molar-refractivity contribution in [1.29, 1.82) is 0 Å². The second kappa shape index (κ2) is 10.5.